The smallest absolute Gasteiger partial charge is 0.305 e. The summed E-state index contributed by atoms with van der Waals surface area (Å²) in [6.45, 7) is 0. The first-order valence-corrected chi connectivity index (χ1v) is 8.11. The predicted octanol–water partition coefficient (Wildman–Crippen LogP) is 0.997. The number of anilines is 1. The molecule has 2 N–H and O–H groups in total. The lowest BCUT2D eigenvalue weighted by Gasteiger charge is -2.17. The molecule has 8 heteroatoms. The van der Waals surface area contributed by atoms with E-state index in [1.807, 2.05) is 0 Å². The molecule has 0 radical (unpaired) electrons. The summed E-state index contributed by atoms with van der Waals surface area (Å²) < 4.78 is 25.0. The van der Waals surface area contributed by atoms with E-state index >= 15 is 0 Å². The Hall–Kier alpha value is -1.67. The van der Waals surface area contributed by atoms with Gasteiger partial charge in [-0.05, 0) is 30.9 Å². The molecule has 7 nitrogen and oxygen atoms in total. The predicted molar refractivity (Wildman–Crippen MR) is 77.5 cm³/mol. The number of carbonyl (C=O) groups is 1. The molecule has 1 aromatic rings. The topological polar surface area (TPSA) is 99.6 Å². The molecule has 2 rings (SSSR count). The Morgan fingerprint density at radius 2 is 2.14 bits per heavy atom. The van der Waals surface area contributed by atoms with E-state index in [9.17, 15) is 13.2 Å². The highest BCUT2D eigenvalue weighted by molar-refractivity contribution is 7.89. The van der Waals surface area contributed by atoms with Gasteiger partial charge in [0.15, 0.2) is 0 Å². The Labute approximate surface area is 124 Å². The van der Waals surface area contributed by atoms with Crippen LogP contribution < -0.4 is 5.32 Å². The number of aromatic nitrogens is 1. The summed E-state index contributed by atoms with van der Waals surface area (Å²) in [4.78, 5) is 15.0. The number of carboxylic acids is 1. The van der Waals surface area contributed by atoms with Crippen molar-refractivity contribution in [2.45, 2.75) is 30.2 Å². The first-order chi connectivity index (χ1) is 9.80. The van der Waals surface area contributed by atoms with Crippen LogP contribution in [0.5, 0.6) is 0 Å². The van der Waals surface area contributed by atoms with Crippen LogP contribution in [0.25, 0.3) is 0 Å². The summed E-state index contributed by atoms with van der Waals surface area (Å²) >= 11 is 0. The quantitative estimate of drug-likeness (QED) is 0.779. The van der Waals surface area contributed by atoms with Crippen LogP contribution in [0.1, 0.15) is 19.3 Å². The van der Waals surface area contributed by atoms with E-state index in [0.29, 0.717) is 11.7 Å². The van der Waals surface area contributed by atoms with Gasteiger partial charge in [0.25, 0.3) is 0 Å². The van der Waals surface area contributed by atoms with Crippen molar-refractivity contribution in [1.82, 2.24) is 9.29 Å². The monoisotopic (exact) mass is 313 g/mol. The van der Waals surface area contributed by atoms with E-state index < -0.39 is 16.0 Å². The molecule has 0 aromatic carbocycles. The SMILES string of the molecule is CN(C)S(=O)(=O)c1ccc(NC(CC(=O)O)C2CC2)nc1. The van der Waals surface area contributed by atoms with Crippen LogP contribution in [0.15, 0.2) is 23.2 Å². The van der Waals surface area contributed by atoms with E-state index in [1.165, 1.54) is 26.4 Å². The highest BCUT2D eigenvalue weighted by Crippen LogP contribution is 2.35. The van der Waals surface area contributed by atoms with E-state index in [1.54, 1.807) is 6.07 Å². The number of nitrogens with zero attached hydrogens (tertiary/aromatic N) is 2. The minimum atomic E-state index is -3.50. The maximum atomic E-state index is 11.9. The zero-order valence-corrected chi connectivity index (χ0v) is 12.8. The molecule has 1 atom stereocenters. The van der Waals surface area contributed by atoms with Gasteiger partial charge >= 0.3 is 5.97 Å². The average molecular weight is 313 g/mol. The number of nitrogens with one attached hydrogen (secondary N) is 1. The normalized spacial score (nSPS) is 16.7. The molecule has 0 aliphatic heterocycles. The Kier molecular flexibility index (Phi) is 4.48. The summed E-state index contributed by atoms with van der Waals surface area (Å²) in [5, 5.41) is 12.0. The summed E-state index contributed by atoms with van der Waals surface area (Å²) in [5.41, 5.74) is 0. The first-order valence-electron chi connectivity index (χ1n) is 6.67. The van der Waals surface area contributed by atoms with Gasteiger partial charge in [-0.25, -0.2) is 17.7 Å². The minimum absolute atomic E-state index is 0.0318. The van der Waals surface area contributed by atoms with Crippen LogP contribution in [-0.2, 0) is 14.8 Å². The van der Waals surface area contributed by atoms with Gasteiger partial charge in [0.1, 0.15) is 10.7 Å². The van der Waals surface area contributed by atoms with Crippen LogP contribution in [0.4, 0.5) is 5.82 Å². The third-order valence-corrected chi connectivity index (χ3v) is 5.23. The molecule has 0 bridgehead atoms. The maximum Gasteiger partial charge on any atom is 0.305 e. The number of hydrogen-bond acceptors (Lipinski definition) is 5. The minimum Gasteiger partial charge on any atom is -0.481 e. The molecule has 1 unspecified atom stereocenters. The third-order valence-electron chi connectivity index (χ3n) is 3.43. The summed E-state index contributed by atoms with van der Waals surface area (Å²) in [6.07, 6.45) is 3.34. The van der Waals surface area contributed by atoms with E-state index in [-0.39, 0.29) is 17.4 Å². The number of carboxylic acid groups (broad SMARTS) is 1. The van der Waals surface area contributed by atoms with Crippen molar-refractivity contribution in [3.05, 3.63) is 18.3 Å². The van der Waals surface area contributed by atoms with Gasteiger partial charge in [0.2, 0.25) is 10.0 Å². The largest absolute Gasteiger partial charge is 0.481 e. The van der Waals surface area contributed by atoms with Crippen LogP contribution in [0.3, 0.4) is 0 Å². The second kappa shape index (κ2) is 5.98. The lowest BCUT2D eigenvalue weighted by atomic mass is 10.1. The molecule has 1 fully saturated rings. The molecule has 0 saturated heterocycles. The van der Waals surface area contributed by atoms with Crippen molar-refractivity contribution >= 4 is 21.8 Å². The summed E-state index contributed by atoms with van der Waals surface area (Å²) in [6, 6.07) is 2.87. The molecule has 1 heterocycles. The molecular formula is C13H19N3O4S. The first kappa shape index (κ1) is 15.7. The number of rotatable bonds is 7. The molecule has 1 aliphatic rings. The lowest BCUT2D eigenvalue weighted by Crippen LogP contribution is -2.26. The fourth-order valence-electron chi connectivity index (χ4n) is 2.04. The molecule has 1 aliphatic carbocycles. The molecule has 0 spiro atoms. The van der Waals surface area contributed by atoms with Gasteiger partial charge in [-0.3, -0.25) is 4.79 Å². The summed E-state index contributed by atoms with van der Waals surface area (Å²) in [7, 11) is -0.585. The second-order valence-corrected chi connectivity index (χ2v) is 7.50. The van der Waals surface area contributed by atoms with Crippen molar-refractivity contribution in [1.29, 1.82) is 0 Å². The maximum absolute atomic E-state index is 11.9. The fourth-order valence-corrected chi connectivity index (χ4v) is 2.89. The Morgan fingerprint density at radius 3 is 2.57 bits per heavy atom. The number of pyridine rings is 1. The lowest BCUT2D eigenvalue weighted by molar-refractivity contribution is -0.137. The van der Waals surface area contributed by atoms with Gasteiger partial charge in [0, 0.05) is 26.3 Å². The average Bonchev–Trinajstić information content (AvgIpc) is 3.22. The van der Waals surface area contributed by atoms with E-state index in [2.05, 4.69) is 10.3 Å². The van der Waals surface area contributed by atoms with Crippen molar-refractivity contribution in [3.8, 4) is 0 Å². The van der Waals surface area contributed by atoms with Crippen LogP contribution in [0, 0.1) is 5.92 Å². The van der Waals surface area contributed by atoms with Crippen molar-refractivity contribution < 1.29 is 18.3 Å². The van der Waals surface area contributed by atoms with Crippen LogP contribution in [0.2, 0.25) is 0 Å². The Morgan fingerprint density at radius 1 is 1.48 bits per heavy atom. The molecule has 21 heavy (non-hydrogen) atoms. The van der Waals surface area contributed by atoms with Crippen LogP contribution >= 0.6 is 0 Å². The van der Waals surface area contributed by atoms with E-state index in [4.69, 9.17) is 5.11 Å². The molecule has 1 saturated carbocycles. The Bertz CT molecular complexity index is 609. The van der Waals surface area contributed by atoms with Gasteiger partial charge in [-0.15, -0.1) is 0 Å². The van der Waals surface area contributed by atoms with Gasteiger partial charge in [-0.1, -0.05) is 0 Å². The standard InChI is InChI=1S/C13H19N3O4S/c1-16(2)21(19,20)10-5-6-12(14-8-10)15-11(7-13(17)18)9-3-4-9/h5-6,8-9,11H,3-4,7H2,1-2H3,(H,14,15)(H,17,18). The van der Waals surface area contributed by atoms with Crippen molar-refractivity contribution in [2.75, 3.05) is 19.4 Å². The Balaban J connectivity index is 2.10. The zero-order valence-electron chi connectivity index (χ0n) is 12.0. The molecule has 1 aromatic heterocycles. The summed E-state index contributed by atoms with van der Waals surface area (Å²) in [5.74, 6) is -0.00912. The fraction of sp³-hybridized carbons (Fsp3) is 0.538. The van der Waals surface area contributed by atoms with Gasteiger partial charge in [-0.2, -0.15) is 0 Å². The van der Waals surface area contributed by atoms with Gasteiger partial charge in [0.05, 0.1) is 6.42 Å². The molecule has 0 amide bonds. The van der Waals surface area contributed by atoms with Crippen LogP contribution in [-0.4, -0.2) is 48.9 Å². The molecular weight excluding hydrogens is 294 g/mol. The zero-order chi connectivity index (χ0) is 15.6. The number of hydrogen-bond donors (Lipinski definition) is 2. The van der Waals surface area contributed by atoms with Gasteiger partial charge < -0.3 is 10.4 Å². The number of aliphatic carboxylic acids is 1. The third kappa shape index (κ3) is 3.92. The van der Waals surface area contributed by atoms with Crippen molar-refractivity contribution in [2.24, 2.45) is 5.92 Å². The highest BCUT2D eigenvalue weighted by Gasteiger charge is 2.32. The van der Waals surface area contributed by atoms with E-state index in [0.717, 1.165) is 17.1 Å². The highest BCUT2D eigenvalue weighted by atomic mass is 32.2. The second-order valence-electron chi connectivity index (χ2n) is 5.35. The molecule has 116 valence electrons. The number of sulfonamides is 1. The van der Waals surface area contributed by atoms with Crippen molar-refractivity contribution in [3.63, 3.8) is 0 Å².